The van der Waals surface area contributed by atoms with Gasteiger partial charge in [0.15, 0.2) is 5.96 Å². The van der Waals surface area contributed by atoms with Gasteiger partial charge in [-0.25, -0.2) is 4.98 Å². The molecule has 0 spiro atoms. The van der Waals surface area contributed by atoms with E-state index in [0.29, 0.717) is 11.9 Å². The summed E-state index contributed by atoms with van der Waals surface area (Å²) in [7, 11) is 0. The molecule has 2 aromatic heterocycles. The Bertz CT molecular complexity index is 697. The smallest absolute Gasteiger partial charge is 0.188 e. The summed E-state index contributed by atoms with van der Waals surface area (Å²) < 4.78 is 0. The third-order valence-electron chi connectivity index (χ3n) is 4.69. The van der Waals surface area contributed by atoms with Crippen molar-refractivity contribution in [1.82, 2.24) is 20.2 Å². The van der Waals surface area contributed by atoms with E-state index in [4.69, 9.17) is 5.73 Å². The van der Waals surface area contributed by atoms with Crippen molar-refractivity contribution in [1.29, 1.82) is 0 Å². The van der Waals surface area contributed by atoms with Crippen LogP contribution in [0.4, 0.5) is 0 Å². The minimum atomic E-state index is 0. The van der Waals surface area contributed by atoms with Gasteiger partial charge in [-0.15, -0.1) is 35.3 Å². The van der Waals surface area contributed by atoms with Crippen molar-refractivity contribution >= 4 is 41.3 Å². The number of nitrogens with one attached hydrogen (secondary N) is 1. The molecule has 3 heterocycles. The molecule has 1 fully saturated rings. The Kier molecular flexibility index (Phi) is 9.43. The Morgan fingerprint density at radius 2 is 2.15 bits per heavy atom. The highest BCUT2D eigenvalue weighted by molar-refractivity contribution is 14.0. The van der Waals surface area contributed by atoms with Gasteiger partial charge in [-0.05, 0) is 50.9 Å². The van der Waals surface area contributed by atoms with Gasteiger partial charge in [-0.2, -0.15) is 0 Å². The number of piperidine rings is 1. The summed E-state index contributed by atoms with van der Waals surface area (Å²) in [5.41, 5.74) is 8.25. The topological polar surface area (TPSA) is 79.4 Å². The molecule has 3 N–H and O–H groups in total. The molecule has 2 aromatic rings. The van der Waals surface area contributed by atoms with Crippen LogP contribution in [-0.4, -0.2) is 47.0 Å². The largest absolute Gasteiger partial charge is 0.370 e. The number of halogens is 1. The van der Waals surface area contributed by atoms with Crippen molar-refractivity contribution in [3.05, 3.63) is 46.2 Å². The molecule has 148 valence electrons. The molecule has 0 aliphatic carbocycles. The molecule has 3 rings (SSSR count). The highest BCUT2D eigenvalue weighted by Gasteiger charge is 2.19. The maximum Gasteiger partial charge on any atom is 0.188 e. The van der Waals surface area contributed by atoms with E-state index >= 15 is 0 Å². The number of hydrogen-bond donors (Lipinski definition) is 2. The lowest BCUT2D eigenvalue weighted by molar-refractivity contribution is 0.179. The van der Waals surface area contributed by atoms with E-state index in [9.17, 15) is 0 Å². The Hall–Kier alpha value is -1.26. The van der Waals surface area contributed by atoms with Crippen LogP contribution in [0.2, 0.25) is 0 Å². The first-order valence-corrected chi connectivity index (χ1v) is 10.1. The predicted molar refractivity (Wildman–Crippen MR) is 123 cm³/mol. The molecule has 6 nitrogen and oxygen atoms in total. The number of aromatic nitrogens is 2. The van der Waals surface area contributed by atoms with Gasteiger partial charge in [0.2, 0.25) is 0 Å². The molecule has 0 radical (unpaired) electrons. The Morgan fingerprint density at radius 1 is 1.33 bits per heavy atom. The normalized spacial score (nSPS) is 16.1. The minimum Gasteiger partial charge on any atom is -0.370 e. The number of aliphatic imine (C=N–C) groups is 1. The van der Waals surface area contributed by atoms with Gasteiger partial charge in [0.25, 0.3) is 0 Å². The summed E-state index contributed by atoms with van der Waals surface area (Å²) in [6.07, 6.45) is 5.02. The molecule has 27 heavy (non-hydrogen) atoms. The van der Waals surface area contributed by atoms with Gasteiger partial charge in [0, 0.05) is 43.3 Å². The molecular formula is C19H29IN6S. The molecular weight excluding hydrogens is 471 g/mol. The summed E-state index contributed by atoms with van der Waals surface area (Å²) >= 11 is 1.73. The standard InChI is InChI=1S/C19H28N6S.HI/c1-15-24-18(14-26-15)13-25-10-6-16(7-11-25)12-23-19(20)22-9-5-17-4-2-3-8-21-17;/h2-4,8,14,16H,5-7,9-13H2,1H3,(H3,20,22,23);1H. The zero-order chi connectivity index (χ0) is 18.2. The van der Waals surface area contributed by atoms with Crippen molar-refractivity contribution in [2.45, 2.75) is 32.7 Å². The van der Waals surface area contributed by atoms with Crippen molar-refractivity contribution in [3.63, 3.8) is 0 Å². The molecule has 1 aliphatic heterocycles. The number of aryl methyl sites for hydroxylation is 1. The van der Waals surface area contributed by atoms with Gasteiger partial charge < -0.3 is 11.1 Å². The van der Waals surface area contributed by atoms with Crippen molar-refractivity contribution in [3.8, 4) is 0 Å². The van der Waals surface area contributed by atoms with Crippen LogP contribution in [0.15, 0.2) is 34.8 Å². The molecule has 8 heteroatoms. The van der Waals surface area contributed by atoms with E-state index in [2.05, 4.69) is 37.5 Å². The molecule has 1 aliphatic rings. The number of nitrogens with two attached hydrogens (primary N) is 1. The number of hydrogen-bond acceptors (Lipinski definition) is 5. The lowest BCUT2D eigenvalue weighted by atomic mass is 9.97. The van der Waals surface area contributed by atoms with Crippen LogP contribution >= 0.6 is 35.3 Å². The fraction of sp³-hybridized carbons (Fsp3) is 0.526. The summed E-state index contributed by atoms with van der Waals surface area (Å²) in [6, 6.07) is 5.95. The van der Waals surface area contributed by atoms with E-state index in [0.717, 1.165) is 49.8 Å². The SMILES string of the molecule is Cc1nc(CN2CCC(CN=C(N)NCCc3ccccn3)CC2)cs1.I. The van der Waals surface area contributed by atoms with E-state index in [1.807, 2.05) is 24.4 Å². The molecule has 0 aromatic carbocycles. The van der Waals surface area contributed by atoms with Gasteiger partial charge in [0.1, 0.15) is 0 Å². The number of likely N-dealkylation sites (tertiary alicyclic amines) is 1. The molecule has 0 saturated carbocycles. The Balaban J connectivity index is 0.00000261. The summed E-state index contributed by atoms with van der Waals surface area (Å²) in [5.74, 6) is 1.17. The first kappa shape index (κ1) is 22.0. The van der Waals surface area contributed by atoms with Gasteiger partial charge in [-0.3, -0.25) is 14.9 Å². The second-order valence-corrected chi connectivity index (χ2v) is 7.86. The quantitative estimate of drug-likeness (QED) is 0.347. The lowest BCUT2D eigenvalue weighted by Crippen LogP contribution is -2.36. The highest BCUT2D eigenvalue weighted by Crippen LogP contribution is 2.20. The average Bonchev–Trinajstić information content (AvgIpc) is 3.07. The van der Waals surface area contributed by atoms with Crippen molar-refractivity contribution in [2.75, 3.05) is 26.2 Å². The molecule has 0 atom stereocenters. The average molecular weight is 500 g/mol. The van der Waals surface area contributed by atoms with E-state index in [1.54, 1.807) is 11.3 Å². The second-order valence-electron chi connectivity index (χ2n) is 6.80. The van der Waals surface area contributed by atoms with Gasteiger partial charge >= 0.3 is 0 Å². The Labute approximate surface area is 182 Å². The van der Waals surface area contributed by atoms with Crippen LogP contribution in [0.3, 0.4) is 0 Å². The maximum absolute atomic E-state index is 5.99. The van der Waals surface area contributed by atoms with Gasteiger partial charge in [-0.1, -0.05) is 6.07 Å². The minimum absolute atomic E-state index is 0. The molecule has 0 amide bonds. The zero-order valence-corrected chi connectivity index (χ0v) is 19.0. The van der Waals surface area contributed by atoms with Crippen LogP contribution in [0.5, 0.6) is 0 Å². The molecule has 0 bridgehead atoms. The van der Waals surface area contributed by atoms with Crippen LogP contribution in [0.25, 0.3) is 0 Å². The zero-order valence-electron chi connectivity index (χ0n) is 15.8. The molecule has 0 unspecified atom stereocenters. The number of guanidine groups is 1. The maximum atomic E-state index is 5.99. The first-order chi connectivity index (χ1) is 12.7. The predicted octanol–water partition coefficient (Wildman–Crippen LogP) is 2.82. The fourth-order valence-corrected chi connectivity index (χ4v) is 3.79. The third kappa shape index (κ3) is 7.71. The van der Waals surface area contributed by atoms with Crippen molar-refractivity contribution in [2.24, 2.45) is 16.6 Å². The van der Waals surface area contributed by atoms with Gasteiger partial charge in [0.05, 0.1) is 10.7 Å². The lowest BCUT2D eigenvalue weighted by Gasteiger charge is -2.30. The van der Waals surface area contributed by atoms with E-state index < -0.39 is 0 Å². The van der Waals surface area contributed by atoms with Crippen LogP contribution in [0.1, 0.15) is 29.2 Å². The van der Waals surface area contributed by atoms with Crippen LogP contribution in [0, 0.1) is 12.8 Å². The number of pyridine rings is 1. The first-order valence-electron chi connectivity index (χ1n) is 9.26. The monoisotopic (exact) mass is 500 g/mol. The number of thiazole rings is 1. The van der Waals surface area contributed by atoms with Crippen LogP contribution < -0.4 is 11.1 Å². The summed E-state index contributed by atoms with van der Waals surface area (Å²) in [4.78, 5) is 15.9. The summed E-state index contributed by atoms with van der Waals surface area (Å²) in [5, 5.41) is 6.50. The summed E-state index contributed by atoms with van der Waals surface area (Å²) in [6.45, 7) is 6.84. The van der Waals surface area contributed by atoms with Crippen molar-refractivity contribution < 1.29 is 0 Å². The number of rotatable bonds is 7. The second kappa shape index (κ2) is 11.6. The Morgan fingerprint density at radius 3 is 2.81 bits per heavy atom. The fourth-order valence-electron chi connectivity index (χ4n) is 3.19. The third-order valence-corrected chi connectivity index (χ3v) is 5.51. The number of nitrogens with zero attached hydrogens (tertiary/aromatic N) is 4. The van der Waals surface area contributed by atoms with Crippen LogP contribution in [-0.2, 0) is 13.0 Å². The van der Waals surface area contributed by atoms with E-state index in [1.165, 1.54) is 18.5 Å². The highest BCUT2D eigenvalue weighted by atomic mass is 127. The molecule has 1 saturated heterocycles. The van der Waals surface area contributed by atoms with E-state index in [-0.39, 0.29) is 24.0 Å².